The van der Waals surface area contributed by atoms with Gasteiger partial charge in [0.25, 0.3) is 0 Å². The van der Waals surface area contributed by atoms with Gasteiger partial charge in [0.1, 0.15) is 0 Å². The van der Waals surface area contributed by atoms with Crippen molar-refractivity contribution in [3.8, 4) is 11.3 Å². The summed E-state index contributed by atoms with van der Waals surface area (Å²) in [5, 5.41) is 0. The number of rotatable bonds is 4. The van der Waals surface area contributed by atoms with Crippen LogP contribution < -0.4 is 0 Å². The number of imidazole rings is 1. The topological polar surface area (TPSA) is 30.7 Å². The monoisotopic (exact) mass is 200 g/mol. The molecule has 0 aliphatic heterocycles. The Morgan fingerprint density at radius 3 is 3.13 bits per heavy atom. The number of pyridine rings is 1. The zero-order chi connectivity index (χ0) is 10.5. The average molecular weight is 200 g/mol. The van der Waals surface area contributed by atoms with E-state index in [-0.39, 0.29) is 0 Å². The molecule has 0 unspecified atom stereocenters. The molecule has 2 heterocycles. The zero-order valence-electron chi connectivity index (χ0n) is 8.80. The Hall–Kier alpha value is -1.64. The van der Waals surface area contributed by atoms with Gasteiger partial charge in [0.2, 0.25) is 0 Å². The van der Waals surface area contributed by atoms with Crippen LogP contribution in [0.3, 0.4) is 0 Å². The molecule has 0 aromatic carbocycles. The van der Waals surface area contributed by atoms with Gasteiger partial charge in [0, 0.05) is 24.2 Å². The smallest absolute Gasteiger partial charge is 0.0957 e. The third-order valence-corrected chi connectivity index (χ3v) is 2.19. The number of hydrogen-bond acceptors (Lipinski definition) is 2. The van der Waals surface area contributed by atoms with Gasteiger partial charge in [-0.2, -0.15) is 0 Å². The van der Waals surface area contributed by atoms with Crippen LogP contribution in [-0.2, 0) is 0 Å². The summed E-state index contributed by atoms with van der Waals surface area (Å²) in [6.45, 7) is 4.29. The number of aromatic nitrogens is 3. The minimum atomic E-state index is 0.968. The van der Waals surface area contributed by atoms with Gasteiger partial charge in [-0.3, -0.25) is 4.98 Å². The highest BCUT2D eigenvalue weighted by Gasteiger charge is 2.01. The molecule has 15 heavy (non-hydrogen) atoms. The number of nitrogens with zero attached hydrogens (tertiary/aromatic N) is 3. The van der Waals surface area contributed by atoms with Crippen molar-refractivity contribution in [1.29, 1.82) is 0 Å². The maximum atomic E-state index is 4.33. The van der Waals surface area contributed by atoms with Crippen molar-refractivity contribution in [2.24, 2.45) is 0 Å². The maximum Gasteiger partial charge on any atom is 0.0957 e. The van der Waals surface area contributed by atoms with Gasteiger partial charge in [-0.15, -0.1) is 0 Å². The molecule has 0 spiro atoms. The second kappa shape index (κ2) is 4.73. The lowest BCUT2D eigenvalue weighted by molar-refractivity contribution is 0.797. The Balaban J connectivity index is 2.14. The van der Waals surface area contributed by atoms with Crippen LogP contribution in [-0.4, -0.2) is 14.5 Å². The molecule has 0 amide bonds. The van der Waals surface area contributed by atoms with E-state index in [9.17, 15) is 0 Å². The minimum Gasteiger partial charge on any atom is -0.332 e. The molecule has 2 aromatic heterocycles. The fourth-order valence-electron chi connectivity index (χ4n) is 1.38. The normalized spacial score (nSPS) is 10.5. The molecule has 0 atom stereocenters. The molecule has 0 N–H and O–H groups in total. The van der Waals surface area contributed by atoms with Crippen molar-refractivity contribution in [3.63, 3.8) is 0 Å². The molecule has 77 valence electrons. The Labute approximate surface area is 89.8 Å². The quantitative estimate of drug-likeness (QED) is 0.759. The van der Waals surface area contributed by atoms with E-state index in [0.29, 0.717) is 0 Å². The van der Waals surface area contributed by atoms with Crippen molar-refractivity contribution in [2.45, 2.75) is 19.8 Å². The van der Waals surface area contributed by atoms with Gasteiger partial charge in [-0.25, -0.2) is 4.98 Å². The van der Waals surface area contributed by atoms with Crippen molar-refractivity contribution in [2.75, 3.05) is 0 Å². The number of unbranched alkanes of at least 4 members (excludes halogenated alkanes) is 1. The SMILES string of the molecule is CCC[CH]n1cnc(-c2cccnc2)c1. The molecule has 3 nitrogen and oxygen atoms in total. The van der Waals surface area contributed by atoms with Gasteiger partial charge in [0.05, 0.1) is 18.6 Å². The lowest BCUT2D eigenvalue weighted by Crippen LogP contribution is -1.89. The van der Waals surface area contributed by atoms with Crippen LogP contribution in [0.4, 0.5) is 0 Å². The lowest BCUT2D eigenvalue weighted by Gasteiger charge is -1.97. The van der Waals surface area contributed by atoms with Crippen molar-refractivity contribution >= 4 is 0 Å². The van der Waals surface area contributed by atoms with Crippen LogP contribution in [0.5, 0.6) is 0 Å². The third-order valence-electron chi connectivity index (χ3n) is 2.19. The van der Waals surface area contributed by atoms with Crippen LogP contribution >= 0.6 is 0 Å². The molecule has 3 heteroatoms. The highest BCUT2D eigenvalue weighted by molar-refractivity contribution is 5.56. The zero-order valence-corrected chi connectivity index (χ0v) is 8.80. The summed E-state index contributed by atoms with van der Waals surface area (Å²) in [7, 11) is 0. The predicted octanol–water partition coefficient (Wildman–Crippen LogP) is 2.76. The molecule has 0 saturated heterocycles. The van der Waals surface area contributed by atoms with E-state index in [1.54, 1.807) is 6.20 Å². The molecule has 0 aliphatic rings. The second-order valence-corrected chi connectivity index (χ2v) is 3.42. The van der Waals surface area contributed by atoms with Gasteiger partial charge in [-0.05, 0) is 18.6 Å². The van der Waals surface area contributed by atoms with Crippen molar-refractivity contribution < 1.29 is 0 Å². The first-order valence-corrected chi connectivity index (χ1v) is 5.17. The molecule has 0 saturated carbocycles. The summed E-state index contributed by atoms with van der Waals surface area (Å²) >= 11 is 0. The van der Waals surface area contributed by atoms with E-state index in [1.807, 2.05) is 35.4 Å². The van der Waals surface area contributed by atoms with Crippen LogP contribution in [0, 0.1) is 6.54 Å². The Morgan fingerprint density at radius 2 is 2.40 bits per heavy atom. The molecule has 1 radical (unpaired) electrons. The molecule has 0 bridgehead atoms. The minimum absolute atomic E-state index is 0.968. The first-order valence-electron chi connectivity index (χ1n) is 5.17. The Kier molecular flexibility index (Phi) is 3.12. The fourth-order valence-corrected chi connectivity index (χ4v) is 1.38. The van der Waals surface area contributed by atoms with Crippen LogP contribution in [0.1, 0.15) is 19.8 Å². The maximum absolute atomic E-state index is 4.33. The largest absolute Gasteiger partial charge is 0.332 e. The first-order chi connectivity index (χ1) is 7.40. The lowest BCUT2D eigenvalue weighted by atomic mass is 10.2. The van der Waals surface area contributed by atoms with Gasteiger partial charge < -0.3 is 4.57 Å². The van der Waals surface area contributed by atoms with E-state index in [4.69, 9.17) is 0 Å². The summed E-state index contributed by atoms with van der Waals surface area (Å²) in [6.07, 6.45) is 9.67. The first kappa shape index (κ1) is 9.90. The summed E-state index contributed by atoms with van der Waals surface area (Å²) in [4.78, 5) is 8.40. The summed E-state index contributed by atoms with van der Waals surface area (Å²) in [5.74, 6) is 0. The van der Waals surface area contributed by atoms with Crippen LogP contribution in [0.2, 0.25) is 0 Å². The second-order valence-electron chi connectivity index (χ2n) is 3.42. The Morgan fingerprint density at radius 1 is 1.47 bits per heavy atom. The average Bonchev–Trinajstić information content (AvgIpc) is 2.76. The van der Waals surface area contributed by atoms with E-state index in [2.05, 4.69) is 23.4 Å². The van der Waals surface area contributed by atoms with E-state index in [0.717, 1.165) is 24.1 Å². The highest BCUT2D eigenvalue weighted by Crippen LogP contribution is 2.15. The molecule has 2 aromatic rings. The predicted molar refractivity (Wildman–Crippen MR) is 60.1 cm³/mol. The van der Waals surface area contributed by atoms with Gasteiger partial charge in [0.15, 0.2) is 0 Å². The Bertz CT molecular complexity index is 406. The molecule has 0 aliphatic carbocycles. The van der Waals surface area contributed by atoms with Crippen LogP contribution in [0.25, 0.3) is 11.3 Å². The molecular weight excluding hydrogens is 186 g/mol. The highest BCUT2D eigenvalue weighted by atomic mass is 15.0. The van der Waals surface area contributed by atoms with Crippen LogP contribution in [0.15, 0.2) is 37.1 Å². The fraction of sp³-hybridized carbons (Fsp3) is 0.250. The summed E-state index contributed by atoms with van der Waals surface area (Å²) in [6, 6.07) is 3.93. The summed E-state index contributed by atoms with van der Waals surface area (Å²) < 4.78 is 2.01. The van der Waals surface area contributed by atoms with Crippen molar-refractivity contribution in [1.82, 2.24) is 14.5 Å². The number of hydrogen-bond donors (Lipinski definition) is 0. The molecular formula is C12H14N3. The third kappa shape index (κ3) is 2.43. The standard InChI is InChI=1S/C12H14N3/c1-2-3-7-15-9-12(14-10-15)11-5-4-6-13-8-11/h4-10H,2-3H2,1H3. The van der Waals surface area contributed by atoms with E-state index in [1.165, 1.54) is 0 Å². The molecule has 2 rings (SSSR count). The van der Waals surface area contributed by atoms with Gasteiger partial charge in [-0.1, -0.05) is 13.3 Å². The van der Waals surface area contributed by atoms with Crippen molar-refractivity contribution in [3.05, 3.63) is 43.6 Å². The van der Waals surface area contributed by atoms with Gasteiger partial charge >= 0.3 is 0 Å². The van der Waals surface area contributed by atoms with E-state index < -0.39 is 0 Å². The van der Waals surface area contributed by atoms with E-state index >= 15 is 0 Å². The molecule has 0 fully saturated rings. The summed E-state index contributed by atoms with van der Waals surface area (Å²) in [5.41, 5.74) is 2.02.